The van der Waals surface area contributed by atoms with Crippen molar-refractivity contribution in [1.29, 1.82) is 0 Å². The molecule has 0 aromatic heterocycles. The van der Waals surface area contributed by atoms with Crippen LogP contribution in [0.4, 0.5) is 0 Å². The summed E-state index contributed by atoms with van der Waals surface area (Å²) >= 11 is 0. The Morgan fingerprint density at radius 2 is 1.18 bits per heavy atom. The van der Waals surface area contributed by atoms with Crippen molar-refractivity contribution >= 4 is 30.8 Å². The van der Waals surface area contributed by atoms with Gasteiger partial charge in [0.1, 0.15) is 0 Å². The predicted octanol–water partition coefficient (Wildman–Crippen LogP) is -0.594. The Morgan fingerprint density at radius 1 is 0.882 bits per heavy atom. The van der Waals surface area contributed by atoms with Crippen molar-refractivity contribution in [1.82, 2.24) is 0 Å². The molecule has 0 radical (unpaired) electrons. The summed E-state index contributed by atoms with van der Waals surface area (Å²) in [7, 11) is 0. The quantitative estimate of drug-likeness (QED) is 0.521. The average Bonchev–Trinajstić information content (AvgIpc) is 2.29. The van der Waals surface area contributed by atoms with E-state index in [0.717, 1.165) is 0 Å². The summed E-state index contributed by atoms with van der Waals surface area (Å²) in [5.41, 5.74) is -0.380. The van der Waals surface area contributed by atoms with Gasteiger partial charge in [-0.25, -0.2) is 9.59 Å². The second-order valence-corrected chi connectivity index (χ2v) is 2.60. The molecular formula is C10H13LiO6. The van der Waals surface area contributed by atoms with Gasteiger partial charge >= 0.3 is 30.8 Å². The number of benzene rings is 1. The van der Waals surface area contributed by atoms with E-state index in [9.17, 15) is 9.59 Å². The number of hydrogen-bond acceptors (Lipinski definition) is 4. The summed E-state index contributed by atoms with van der Waals surface area (Å²) in [6.45, 7) is -0.250. The van der Waals surface area contributed by atoms with Crippen LogP contribution in [0.3, 0.4) is 0 Å². The van der Waals surface area contributed by atoms with Crippen LogP contribution in [0.2, 0.25) is 0 Å². The minimum absolute atomic E-state index is 0. The molecule has 0 aliphatic heterocycles. The van der Waals surface area contributed by atoms with Crippen molar-refractivity contribution in [2.45, 2.75) is 0 Å². The number of carboxylic acid groups (broad SMARTS) is 2. The predicted molar refractivity (Wildman–Crippen MR) is 61.7 cm³/mol. The zero-order valence-corrected chi connectivity index (χ0v) is 8.33. The van der Waals surface area contributed by atoms with Gasteiger partial charge in [0.2, 0.25) is 0 Å². The maximum absolute atomic E-state index is 10.5. The molecule has 0 amide bonds. The van der Waals surface area contributed by atoms with Crippen LogP contribution in [-0.2, 0) is 0 Å². The van der Waals surface area contributed by atoms with Crippen molar-refractivity contribution in [2.24, 2.45) is 0 Å². The van der Waals surface area contributed by atoms with E-state index in [0.29, 0.717) is 0 Å². The van der Waals surface area contributed by atoms with Gasteiger partial charge in [-0.15, -0.1) is 0 Å². The Bertz CT molecular complexity index is 331. The van der Waals surface area contributed by atoms with Gasteiger partial charge in [-0.1, -0.05) is 12.1 Å². The number of aliphatic hydroxyl groups is 2. The molecule has 17 heavy (non-hydrogen) atoms. The summed E-state index contributed by atoms with van der Waals surface area (Å²) in [6, 6.07) is 5.48. The van der Waals surface area contributed by atoms with Crippen molar-refractivity contribution < 1.29 is 30.0 Å². The SMILES string of the molecule is O=C(O)c1ccccc1C(=O)O.OCCO.[LiH]. The molecule has 0 atom stereocenters. The maximum atomic E-state index is 10.5. The third-order valence-corrected chi connectivity index (χ3v) is 1.49. The first-order chi connectivity index (χ1) is 7.54. The Morgan fingerprint density at radius 3 is 1.35 bits per heavy atom. The van der Waals surface area contributed by atoms with E-state index >= 15 is 0 Å². The average molecular weight is 236 g/mol. The fourth-order valence-electron chi connectivity index (χ4n) is 0.856. The monoisotopic (exact) mass is 236 g/mol. The van der Waals surface area contributed by atoms with E-state index in [2.05, 4.69) is 0 Å². The van der Waals surface area contributed by atoms with E-state index < -0.39 is 11.9 Å². The van der Waals surface area contributed by atoms with Crippen molar-refractivity contribution in [2.75, 3.05) is 13.2 Å². The molecule has 4 N–H and O–H groups in total. The molecule has 90 valence electrons. The molecule has 0 aliphatic rings. The van der Waals surface area contributed by atoms with E-state index in [4.69, 9.17) is 20.4 Å². The van der Waals surface area contributed by atoms with E-state index in [1.165, 1.54) is 24.3 Å². The molecule has 0 fully saturated rings. The third kappa shape index (κ3) is 6.76. The van der Waals surface area contributed by atoms with Crippen LogP contribution in [0.25, 0.3) is 0 Å². The molecule has 6 nitrogen and oxygen atoms in total. The first-order valence-corrected chi connectivity index (χ1v) is 4.32. The van der Waals surface area contributed by atoms with Crippen LogP contribution >= 0.6 is 0 Å². The summed E-state index contributed by atoms with van der Waals surface area (Å²) in [6.07, 6.45) is 0. The van der Waals surface area contributed by atoms with Crippen molar-refractivity contribution in [3.8, 4) is 0 Å². The van der Waals surface area contributed by atoms with E-state index in [-0.39, 0.29) is 43.2 Å². The fraction of sp³-hybridized carbons (Fsp3) is 0.200. The van der Waals surface area contributed by atoms with Gasteiger partial charge in [-0.2, -0.15) is 0 Å². The number of carbonyl (C=O) groups is 2. The Kier molecular flexibility index (Phi) is 10.5. The second-order valence-electron chi connectivity index (χ2n) is 2.60. The summed E-state index contributed by atoms with van der Waals surface area (Å²) in [4.78, 5) is 20.9. The number of rotatable bonds is 3. The molecule has 1 aromatic carbocycles. The van der Waals surface area contributed by atoms with Crippen LogP contribution in [0, 0.1) is 0 Å². The molecule has 0 bridgehead atoms. The number of aromatic carboxylic acids is 2. The number of carboxylic acids is 2. The van der Waals surface area contributed by atoms with E-state index in [1.54, 1.807) is 0 Å². The van der Waals surface area contributed by atoms with Gasteiger partial charge in [-0.3, -0.25) is 0 Å². The first-order valence-electron chi connectivity index (χ1n) is 4.32. The first kappa shape index (κ1) is 18.1. The Hall–Kier alpha value is -1.32. The normalized spacial score (nSPS) is 8.35. The van der Waals surface area contributed by atoms with Crippen LogP contribution < -0.4 is 0 Å². The topological polar surface area (TPSA) is 115 Å². The standard InChI is InChI=1S/C8H6O4.C2H6O2.Li.H/c9-7(10)5-3-1-2-4-6(5)8(11)12;3-1-2-4;;/h1-4H,(H,9,10)(H,11,12);3-4H,1-2H2;;. The van der Waals surface area contributed by atoms with Crippen LogP contribution in [-0.4, -0.2) is 64.4 Å². The van der Waals surface area contributed by atoms with Crippen molar-refractivity contribution in [3.05, 3.63) is 35.4 Å². The Balaban J connectivity index is 0. The van der Waals surface area contributed by atoms with Crippen LogP contribution in [0.15, 0.2) is 24.3 Å². The zero-order chi connectivity index (χ0) is 12.6. The molecule has 7 heteroatoms. The summed E-state index contributed by atoms with van der Waals surface area (Å²) < 4.78 is 0. The fourth-order valence-corrected chi connectivity index (χ4v) is 0.856. The van der Waals surface area contributed by atoms with Gasteiger partial charge in [0.15, 0.2) is 0 Å². The van der Waals surface area contributed by atoms with Gasteiger partial charge in [0.25, 0.3) is 0 Å². The molecule has 0 unspecified atom stereocenters. The molecule has 0 spiro atoms. The van der Waals surface area contributed by atoms with Gasteiger partial charge in [-0.05, 0) is 12.1 Å². The molecule has 1 rings (SSSR count). The number of hydrogen-bond donors (Lipinski definition) is 4. The van der Waals surface area contributed by atoms with Crippen LogP contribution in [0.1, 0.15) is 20.7 Å². The van der Waals surface area contributed by atoms with Gasteiger partial charge < -0.3 is 20.4 Å². The second kappa shape index (κ2) is 9.87. The Labute approximate surface area is 110 Å². The minimum atomic E-state index is -1.23. The van der Waals surface area contributed by atoms with Gasteiger partial charge in [0, 0.05) is 0 Å². The summed E-state index contributed by atoms with van der Waals surface area (Å²) in [5.74, 6) is -2.46. The molecule has 0 saturated carbocycles. The molecule has 0 heterocycles. The number of aliphatic hydroxyl groups excluding tert-OH is 2. The molecule has 0 aliphatic carbocycles. The third-order valence-electron chi connectivity index (χ3n) is 1.49. The van der Waals surface area contributed by atoms with E-state index in [1.807, 2.05) is 0 Å². The zero-order valence-electron chi connectivity index (χ0n) is 8.33. The van der Waals surface area contributed by atoms with Crippen molar-refractivity contribution in [3.63, 3.8) is 0 Å². The van der Waals surface area contributed by atoms with Gasteiger partial charge in [0.05, 0.1) is 24.3 Å². The molecule has 0 saturated heterocycles. The molecular weight excluding hydrogens is 223 g/mol. The summed E-state index contributed by atoms with van der Waals surface area (Å²) in [5, 5.41) is 32.4. The molecule has 1 aromatic rings. The van der Waals surface area contributed by atoms with Crippen LogP contribution in [0.5, 0.6) is 0 Å².